The Kier molecular flexibility index (Phi) is 5.78. The Hall–Kier alpha value is -3.80. The zero-order valence-electron chi connectivity index (χ0n) is 15.8. The number of carbonyl (C=O) groups excluding carboxylic acids is 2. The van der Waals surface area contributed by atoms with E-state index in [9.17, 15) is 22.8 Å². The van der Waals surface area contributed by atoms with Crippen molar-refractivity contribution in [3.63, 3.8) is 0 Å². The van der Waals surface area contributed by atoms with Gasteiger partial charge in [0.25, 0.3) is 11.8 Å². The van der Waals surface area contributed by atoms with Gasteiger partial charge in [-0.25, -0.2) is 0 Å². The van der Waals surface area contributed by atoms with Crippen LogP contribution in [0, 0.1) is 11.5 Å². The highest BCUT2D eigenvalue weighted by atomic mass is 19.4. The molecule has 2 N–H and O–H groups in total. The standard InChI is InChI=1S/C21H17F3N4O2/c1-28(12-25)20(30)18(10-14-11-26-17-8-3-2-7-16(14)17)27-19(29)13-5-4-6-15(9-13)21(22,23)24/h2-9,11,18,26H,10H2,1H3,(H,27,29). The van der Waals surface area contributed by atoms with Crippen molar-refractivity contribution in [2.45, 2.75) is 18.6 Å². The van der Waals surface area contributed by atoms with E-state index < -0.39 is 29.6 Å². The zero-order chi connectivity index (χ0) is 21.9. The van der Waals surface area contributed by atoms with Gasteiger partial charge in [0.15, 0.2) is 6.19 Å². The summed E-state index contributed by atoms with van der Waals surface area (Å²) in [5, 5.41) is 12.3. The smallest absolute Gasteiger partial charge is 0.361 e. The third-order valence-corrected chi connectivity index (χ3v) is 4.64. The molecule has 0 radical (unpaired) electrons. The molecular formula is C21H17F3N4O2. The molecule has 30 heavy (non-hydrogen) atoms. The van der Waals surface area contributed by atoms with E-state index >= 15 is 0 Å². The molecule has 154 valence electrons. The van der Waals surface area contributed by atoms with Crippen molar-refractivity contribution < 1.29 is 22.8 Å². The number of aromatic nitrogens is 1. The first kappa shape index (κ1) is 20.9. The predicted molar refractivity (Wildman–Crippen MR) is 103 cm³/mol. The number of para-hydroxylation sites is 1. The van der Waals surface area contributed by atoms with E-state index in [2.05, 4.69) is 10.3 Å². The largest absolute Gasteiger partial charge is 0.416 e. The summed E-state index contributed by atoms with van der Waals surface area (Å²) in [6.45, 7) is 0. The number of hydrogen-bond acceptors (Lipinski definition) is 3. The topological polar surface area (TPSA) is 89.0 Å². The third kappa shape index (κ3) is 4.43. The number of amides is 2. The summed E-state index contributed by atoms with van der Waals surface area (Å²) in [6.07, 6.45) is -1.18. The molecule has 0 bridgehead atoms. The molecule has 0 aliphatic rings. The van der Waals surface area contributed by atoms with Crippen molar-refractivity contribution in [3.8, 4) is 6.19 Å². The van der Waals surface area contributed by atoms with Gasteiger partial charge in [0, 0.05) is 36.1 Å². The highest BCUT2D eigenvalue weighted by Crippen LogP contribution is 2.29. The molecule has 2 aromatic carbocycles. The molecule has 0 aliphatic carbocycles. The van der Waals surface area contributed by atoms with Crippen molar-refractivity contribution in [1.82, 2.24) is 15.2 Å². The maximum absolute atomic E-state index is 12.9. The van der Waals surface area contributed by atoms with Gasteiger partial charge in [-0.3, -0.25) is 14.5 Å². The van der Waals surface area contributed by atoms with Gasteiger partial charge in [0.05, 0.1) is 5.56 Å². The van der Waals surface area contributed by atoms with Gasteiger partial charge in [-0.05, 0) is 29.8 Å². The molecule has 0 aliphatic heterocycles. The number of nitrogens with zero attached hydrogens (tertiary/aromatic N) is 2. The van der Waals surface area contributed by atoms with Crippen molar-refractivity contribution in [2.75, 3.05) is 7.05 Å². The number of likely N-dealkylation sites (N-methyl/N-ethyl adjacent to an activating group) is 1. The average Bonchev–Trinajstić information content (AvgIpc) is 3.14. The fourth-order valence-corrected chi connectivity index (χ4v) is 3.08. The van der Waals surface area contributed by atoms with Crippen LogP contribution < -0.4 is 5.32 Å². The molecular weight excluding hydrogens is 397 g/mol. The molecule has 1 unspecified atom stereocenters. The molecule has 0 spiro atoms. The van der Waals surface area contributed by atoms with Gasteiger partial charge < -0.3 is 10.3 Å². The summed E-state index contributed by atoms with van der Waals surface area (Å²) in [4.78, 5) is 29.1. The van der Waals surface area contributed by atoms with Gasteiger partial charge in [-0.1, -0.05) is 24.3 Å². The van der Waals surface area contributed by atoms with Crippen molar-refractivity contribution in [1.29, 1.82) is 5.26 Å². The van der Waals surface area contributed by atoms with Gasteiger partial charge in [-0.15, -0.1) is 0 Å². The second-order valence-electron chi connectivity index (χ2n) is 6.67. The van der Waals surface area contributed by atoms with Crippen molar-refractivity contribution in [2.24, 2.45) is 0 Å². The second-order valence-corrected chi connectivity index (χ2v) is 6.67. The van der Waals surface area contributed by atoms with Crippen LogP contribution in [0.25, 0.3) is 10.9 Å². The van der Waals surface area contributed by atoms with Gasteiger partial charge >= 0.3 is 6.18 Å². The SMILES string of the molecule is CN(C#N)C(=O)C(Cc1c[nH]c2ccccc12)NC(=O)c1cccc(C(F)(F)F)c1. The molecule has 9 heteroatoms. The molecule has 3 rings (SSSR count). The van der Waals surface area contributed by atoms with Gasteiger partial charge in [0.1, 0.15) is 6.04 Å². The quantitative estimate of drug-likeness (QED) is 0.495. The monoisotopic (exact) mass is 414 g/mol. The van der Waals surface area contributed by atoms with Crippen LogP contribution in [0.1, 0.15) is 21.5 Å². The first-order valence-corrected chi connectivity index (χ1v) is 8.91. The van der Waals surface area contributed by atoms with Crippen LogP contribution in [0.5, 0.6) is 0 Å². The van der Waals surface area contributed by atoms with Crippen molar-refractivity contribution >= 4 is 22.7 Å². The second kappa shape index (κ2) is 8.29. The number of nitriles is 1. The van der Waals surface area contributed by atoms with E-state index in [1.54, 1.807) is 12.4 Å². The van der Waals surface area contributed by atoms with E-state index in [1.165, 1.54) is 13.1 Å². The third-order valence-electron chi connectivity index (χ3n) is 4.64. The number of benzene rings is 2. The number of aromatic amines is 1. The Morgan fingerprint density at radius 1 is 1.20 bits per heavy atom. The van der Waals surface area contributed by atoms with Crippen molar-refractivity contribution in [3.05, 3.63) is 71.4 Å². The normalized spacial score (nSPS) is 12.2. The lowest BCUT2D eigenvalue weighted by molar-refractivity contribution is -0.137. The summed E-state index contributed by atoms with van der Waals surface area (Å²) in [7, 11) is 1.25. The number of H-pyrrole nitrogens is 1. The molecule has 1 aromatic heterocycles. The molecule has 1 atom stereocenters. The summed E-state index contributed by atoms with van der Waals surface area (Å²) in [5.41, 5.74) is 0.348. The molecule has 0 saturated heterocycles. The molecule has 2 amide bonds. The maximum Gasteiger partial charge on any atom is 0.416 e. The Balaban J connectivity index is 1.89. The number of halogens is 3. The fraction of sp³-hybridized carbons (Fsp3) is 0.190. The zero-order valence-corrected chi connectivity index (χ0v) is 15.8. The maximum atomic E-state index is 12.9. The predicted octanol–water partition coefficient (Wildman–Crippen LogP) is 3.47. The van der Waals surface area contributed by atoms with Crippen LogP contribution in [0.15, 0.2) is 54.7 Å². The number of carbonyl (C=O) groups is 2. The van der Waals surface area contributed by atoms with E-state index in [4.69, 9.17) is 5.26 Å². The average molecular weight is 414 g/mol. The summed E-state index contributed by atoms with van der Waals surface area (Å²) < 4.78 is 38.8. The van der Waals surface area contributed by atoms with E-state index in [1.807, 2.05) is 24.3 Å². The van der Waals surface area contributed by atoms with Crippen LogP contribution >= 0.6 is 0 Å². The molecule has 3 aromatic rings. The van der Waals surface area contributed by atoms with Crippen LogP contribution in [-0.4, -0.2) is 34.8 Å². The summed E-state index contributed by atoms with van der Waals surface area (Å²) >= 11 is 0. The Bertz CT molecular complexity index is 1130. The molecule has 0 fully saturated rings. The number of rotatable bonds is 5. The summed E-state index contributed by atoms with van der Waals surface area (Å²) in [5.74, 6) is -1.52. The molecule has 1 heterocycles. The highest BCUT2D eigenvalue weighted by Gasteiger charge is 2.31. The lowest BCUT2D eigenvalue weighted by atomic mass is 10.0. The van der Waals surface area contributed by atoms with Crippen LogP contribution in [0.2, 0.25) is 0 Å². The lowest BCUT2D eigenvalue weighted by Crippen LogP contribution is -2.47. The van der Waals surface area contributed by atoms with Gasteiger partial charge in [-0.2, -0.15) is 18.4 Å². The minimum absolute atomic E-state index is 0.0551. The number of fused-ring (bicyclic) bond motifs is 1. The number of nitrogens with one attached hydrogen (secondary N) is 2. The minimum Gasteiger partial charge on any atom is -0.361 e. The number of hydrogen-bond donors (Lipinski definition) is 2. The molecule has 6 nitrogen and oxygen atoms in total. The highest BCUT2D eigenvalue weighted by molar-refractivity contribution is 5.98. The van der Waals surface area contributed by atoms with E-state index in [-0.39, 0.29) is 12.0 Å². The Morgan fingerprint density at radius 3 is 2.63 bits per heavy atom. The Labute approximate surface area is 169 Å². The van der Waals surface area contributed by atoms with Crippen LogP contribution in [0.4, 0.5) is 13.2 Å². The Morgan fingerprint density at radius 2 is 1.93 bits per heavy atom. The van der Waals surface area contributed by atoms with Crippen LogP contribution in [0.3, 0.4) is 0 Å². The summed E-state index contributed by atoms with van der Waals surface area (Å²) in [6, 6.07) is 10.1. The van der Waals surface area contributed by atoms with Gasteiger partial charge in [0.2, 0.25) is 0 Å². The van der Waals surface area contributed by atoms with Crippen LogP contribution in [-0.2, 0) is 17.4 Å². The van der Waals surface area contributed by atoms with E-state index in [0.29, 0.717) is 0 Å². The first-order valence-electron chi connectivity index (χ1n) is 8.91. The molecule has 0 saturated carbocycles. The minimum atomic E-state index is -4.60. The van der Waals surface area contributed by atoms with E-state index in [0.717, 1.165) is 39.6 Å². The first-order chi connectivity index (χ1) is 14.2. The number of alkyl halides is 3. The lowest BCUT2D eigenvalue weighted by Gasteiger charge is -2.20. The fourth-order valence-electron chi connectivity index (χ4n) is 3.08.